The van der Waals surface area contributed by atoms with Gasteiger partial charge in [-0.1, -0.05) is 44.2 Å². The van der Waals surface area contributed by atoms with Gasteiger partial charge in [0.05, 0.1) is 11.0 Å². The van der Waals surface area contributed by atoms with Crippen LogP contribution < -0.4 is 5.59 Å². The third-order valence-corrected chi connectivity index (χ3v) is 2.86. The van der Waals surface area contributed by atoms with E-state index in [2.05, 4.69) is 9.97 Å². The summed E-state index contributed by atoms with van der Waals surface area (Å²) in [6, 6.07) is 14.4. The van der Waals surface area contributed by atoms with Crippen molar-refractivity contribution in [1.82, 2.24) is 9.97 Å². The molecule has 3 aromatic rings. The van der Waals surface area contributed by atoms with E-state index >= 15 is 0 Å². The molecular weight excluding hydrogens is 259 g/mol. The fraction of sp³-hybridized carbons (Fsp3) is 0.118. The fourth-order valence-electron chi connectivity index (χ4n) is 1.92. The minimum Gasteiger partial charge on any atom is -0.289 e. The summed E-state index contributed by atoms with van der Waals surface area (Å²) >= 11 is 0. The SMILES string of the molecule is CC.[B]c1cnc2ccc(C(=O)c3ccccc3)cc2n1. The largest absolute Gasteiger partial charge is 0.289 e. The number of aromatic nitrogens is 2. The summed E-state index contributed by atoms with van der Waals surface area (Å²) in [5, 5.41) is 0. The van der Waals surface area contributed by atoms with Gasteiger partial charge in [0.1, 0.15) is 7.85 Å². The van der Waals surface area contributed by atoms with Gasteiger partial charge < -0.3 is 0 Å². The first kappa shape index (κ1) is 14.9. The van der Waals surface area contributed by atoms with Gasteiger partial charge in [0, 0.05) is 22.9 Å². The number of fused-ring (bicyclic) bond motifs is 1. The molecule has 1 heterocycles. The Morgan fingerprint density at radius 3 is 2.38 bits per heavy atom. The molecule has 102 valence electrons. The Morgan fingerprint density at radius 2 is 1.67 bits per heavy atom. The van der Waals surface area contributed by atoms with Crippen LogP contribution in [0.4, 0.5) is 0 Å². The lowest BCUT2D eigenvalue weighted by molar-refractivity contribution is 0.103. The van der Waals surface area contributed by atoms with E-state index in [9.17, 15) is 4.79 Å². The van der Waals surface area contributed by atoms with Crippen molar-refractivity contribution >= 4 is 30.3 Å². The Kier molecular flexibility index (Phi) is 4.83. The number of ketones is 1. The van der Waals surface area contributed by atoms with Gasteiger partial charge >= 0.3 is 0 Å². The van der Waals surface area contributed by atoms with Crippen LogP contribution in [0.15, 0.2) is 54.7 Å². The van der Waals surface area contributed by atoms with E-state index in [-0.39, 0.29) is 5.78 Å². The van der Waals surface area contributed by atoms with Gasteiger partial charge in [-0.05, 0) is 18.2 Å². The molecule has 3 rings (SSSR count). The summed E-state index contributed by atoms with van der Waals surface area (Å²) < 4.78 is 0. The molecule has 0 N–H and O–H groups in total. The molecule has 1 aromatic heterocycles. The predicted molar refractivity (Wildman–Crippen MR) is 86.1 cm³/mol. The van der Waals surface area contributed by atoms with Crippen LogP contribution in [0.5, 0.6) is 0 Å². The van der Waals surface area contributed by atoms with Gasteiger partial charge in [-0.15, -0.1) is 0 Å². The van der Waals surface area contributed by atoms with Crippen LogP contribution in [0.25, 0.3) is 11.0 Å². The standard InChI is InChI=1S/C15H9BN2O.C2H6/c16-14-9-17-12-7-6-11(8-13(12)18-14)15(19)10-4-2-1-3-5-10;1-2/h1-9H;1-2H3. The molecule has 0 aliphatic heterocycles. The molecule has 2 radical (unpaired) electrons. The molecule has 4 heteroatoms. The van der Waals surface area contributed by atoms with Gasteiger partial charge in [0.2, 0.25) is 0 Å². The molecule has 0 saturated heterocycles. The average Bonchev–Trinajstić information content (AvgIpc) is 2.56. The third kappa shape index (κ3) is 3.34. The molecule has 2 aromatic carbocycles. The number of nitrogens with zero attached hydrogens (tertiary/aromatic N) is 2. The Labute approximate surface area is 125 Å². The summed E-state index contributed by atoms with van der Waals surface area (Å²) in [7, 11) is 5.60. The van der Waals surface area contributed by atoms with Crippen LogP contribution in [-0.4, -0.2) is 23.6 Å². The minimum atomic E-state index is -0.0354. The van der Waals surface area contributed by atoms with Crippen LogP contribution in [0.2, 0.25) is 0 Å². The van der Waals surface area contributed by atoms with Crippen molar-refractivity contribution in [3.63, 3.8) is 0 Å². The molecule has 3 nitrogen and oxygen atoms in total. The Balaban J connectivity index is 0.000000774. The zero-order chi connectivity index (χ0) is 15.2. The second-order valence-electron chi connectivity index (χ2n) is 4.19. The van der Waals surface area contributed by atoms with Crippen molar-refractivity contribution in [2.45, 2.75) is 13.8 Å². The number of hydrogen-bond donors (Lipinski definition) is 0. The van der Waals surface area contributed by atoms with E-state index in [1.807, 2.05) is 32.0 Å². The minimum absolute atomic E-state index is 0.0354. The highest BCUT2D eigenvalue weighted by atomic mass is 16.1. The molecule has 0 aliphatic rings. The van der Waals surface area contributed by atoms with Crippen molar-refractivity contribution in [1.29, 1.82) is 0 Å². The Hall–Kier alpha value is -2.49. The van der Waals surface area contributed by atoms with Crippen molar-refractivity contribution in [2.24, 2.45) is 0 Å². The molecule has 0 amide bonds. The molecule has 21 heavy (non-hydrogen) atoms. The molecule has 0 fully saturated rings. The van der Waals surface area contributed by atoms with Gasteiger partial charge in [-0.2, -0.15) is 0 Å². The highest BCUT2D eigenvalue weighted by molar-refractivity contribution is 6.30. The molecule has 0 saturated carbocycles. The van der Waals surface area contributed by atoms with E-state index in [0.717, 1.165) is 5.52 Å². The zero-order valence-electron chi connectivity index (χ0n) is 12.1. The quantitative estimate of drug-likeness (QED) is 0.533. The number of hydrogen-bond acceptors (Lipinski definition) is 3. The fourth-order valence-corrected chi connectivity index (χ4v) is 1.92. The molecule has 0 bridgehead atoms. The lowest BCUT2D eigenvalue weighted by Crippen LogP contribution is -2.09. The number of rotatable bonds is 2. The molecule has 0 atom stereocenters. The lowest BCUT2D eigenvalue weighted by Gasteiger charge is -2.03. The van der Waals surface area contributed by atoms with E-state index in [1.165, 1.54) is 6.20 Å². The van der Waals surface area contributed by atoms with E-state index in [1.54, 1.807) is 30.3 Å². The zero-order valence-corrected chi connectivity index (χ0v) is 12.1. The second kappa shape index (κ2) is 6.79. The van der Waals surface area contributed by atoms with Crippen LogP contribution in [-0.2, 0) is 0 Å². The first-order valence-corrected chi connectivity index (χ1v) is 6.86. The van der Waals surface area contributed by atoms with Crippen LogP contribution >= 0.6 is 0 Å². The van der Waals surface area contributed by atoms with E-state index in [0.29, 0.717) is 22.2 Å². The summed E-state index contributed by atoms with van der Waals surface area (Å²) in [6.07, 6.45) is 1.50. The maximum absolute atomic E-state index is 12.3. The Bertz CT molecular complexity index is 757. The summed E-state index contributed by atoms with van der Waals surface area (Å²) in [5.41, 5.74) is 2.93. The maximum atomic E-state index is 12.3. The van der Waals surface area contributed by atoms with E-state index < -0.39 is 0 Å². The van der Waals surface area contributed by atoms with Crippen LogP contribution in [0.3, 0.4) is 0 Å². The molecule has 0 aliphatic carbocycles. The average molecular weight is 274 g/mol. The van der Waals surface area contributed by atoms with Crippen molar-refractivity contribution in [2.75, 3.05) is 0 Å². The smallest absolute Gasteiger partial charge is 0.193 e. The molecule has 0 spiro atoms. The van der Waals surface area contributed by atoms with Crippen LogP contribution in [0.1, 0.15) is 29.8 Å². The first-order valence-electron chi connectivity index (χ1n) is 6.86. The summed E-state index contributed by atoms with van der Waals surface area (Å²) in [4.78, 5) is 20.6. The summed E-state index contributed by atoms with van der Waals surface area (Å²) in [5.74, 6) is -0.0354. The maximum Gasteiger partial charge on any atom is 0.193 e. The lowest BCUT2D eigenvalue weighted by atomic mass is 10.0. The van der Waals surface area contributed by atoms with Gasteiger partial charge in [-0.25, -0.2) is 0 Å². The summed E-state index contributed by atoms with van der Waals surface area (Å²) in [6.45, 7) is 4.00. The first-order chi connectivity index (χ1) is 10.2. The van der Waals surface area contributed by atoms with E-state index in [4.69, 9.17) is 7.85 Å². The van der Waals surface area contributed by atoms with Gasteiger partial charge in [0.25, 0.3) is 0 Å². The van der Waals surface area contributed by atoms with Crippen molar-refractivity contribution in [3.8, 4) is 0 Å². The molecule has 0 unspecified atom stereocenters. The second-order valence-corrected chi connectivity index (χ2v) is 4.19. The number of benzene rings is 2. The monoisotopic (exact) mass is 274 g/mol. The van der Waals surface area contributed by atoms with Crippen molar-refractivity contribution < 1.29 is 4.79 Å². The Morgan fingerprint density at radius 1 is 0.952 bits per heavy atom. The molecular formula is C17H15BN2O. The third-order valence-electron chi connectivity index (χ3n) is 2.86. The number of carbonyl (C=O) groups is 1. The van der Waals surface area contributed by atoms with Crippen LogP contribution in [0, 0.1) is 0 Å². The topological polar surface area (TPSA) is 42.9 Å². The highest BCUT2D eigenvalue weighted by Crippen LogP contribution is 2.14. The van der Waals surface area contributed by atoms with Gasteiger partial charge in [-0.3, -0.25) is 14.8 Å². The number of carbonyl (C=O) groups excluding carboxylic acids is 1. The highest BCUT2D eigenvalue weighted by Gasteiger charge is 2.09. The normalized spacial score (nSPS) is 9.81. The predicted octanol–water partition coefficient (Wildman–Crippen LogP) is 2.68. The van der Waals surface area contributed by atoms with Gasteiger partial charge in [0.15, 0.2) is 5.78 Å². The van der Waals surface area contributed by atoms with Crippen molar-refractivity contribution in [3.05, 3.63) is 65.9 Å².